The fourth-order valence-corrected chi connectivity index (χ4v) is 3.82. The molecule has 1 N–H and O–H groups in total. The first-order valence-electron chi connectivity index (χ1n) is 6.98. The zero-order valence-corrected chi connectivity index (χ0v) is 11.7. The van der Waals surface area contributed by atoms with Gasteiger partial charge >= 0.3 is 5.97 Å². The number of carboxylic acid groups (broad SMARTS) is 1. The van der Waals surface area contributed by atoms with E-state index in [1.54, 1.807) is 18.1 Å². The van der Waals surface area contributed by atoms with Crippen LogP contribution < -0.4 is 0 Å². The number of aliphatic carboxylic acids is 1. The number of carbonyl (C=O) groups excluding carboxylic acids is 2. The summed E-state index contributed by atoms with van der Waals surface area (Å²) in [6.45, 7) is 0.345. The molecule has 6 nitrogen and oxygen atoms in total. The number of rotatable bonds is 3. The van der Waals surface area contributed by atoms with Crippen molar-refractivity contribution in [1.29, 1.82) is 0 Å². The third kappa shape index (κ3) is 1.93. The molecule has 0 radical (unpaired) electrons. The van der Waals surface area contributed by atoms with Gasteiger partial charge in [-0.25, -0.2) is 0 Å². The van der Waals surface area contributed by atoms with E-state index >= 15 is 0 Å². The molecule has 2 aliphatic heterocycles. The fourth-order valence-electron chi connectivity index (χ4n) is 3.82. The first-order chi connectivity index (χ1) is 9.99. The minimum Gasteiger partial charge on any atom is -0.481 e. The molecular formula is C15H17NO5. The van der Waals surface area contributed by atoms with Crippen molar-refractivity contribution in [1.82, 2.24) is 4.90 Å². The van der Waals surface area contributed by atoms with Crippen molar-refractivity contribution in [3.05, 3.63) is 23.8 Å². The summed E-state index contributed by atoms with van der Waals surface area (Å²) in [5.41, 5.74) is -0.111. The Hall–Kier alpha value is -1.95. The van der Waals surface area contributed by atoms with Gasteiger partial charge in [-0.05, 0) is 5.57 Å². The van der Waals surface area contributed by atoms with E-state index in [0.29, 0.717) is 13.0 Å². The first-order valence-corrected chi connectivity index (χ1v) is 6.98. The number of hydrogen-bond acceptors (Lipinski definition) is 4. The molecule has 1 saturated heterocycles. The number of methoxy groups -OCH3 is 1. The quantitative estimate of drug-likeness (QED) is 0.820. The Kier molecular flexibility index (Phi) is 3.20. The second kappa shape index (κ2) is 4.80. The Bertz CT molecular complexity index is 579. The van der Waals surface area contributed by atoms with E-state index in [1.807, 2.05) is 6.08 Å². The molecule has 0 saturated carbocycles. The topological polar surface area (TPSA) is 83.9 Å². The van der Waals surface area contributed by atoms with Crippen molar-refractivity contribution in [3.8, 4) is 0 Å². The van der Waals surface area contributed by atoms with E-state index in [4.69, 9.17) is 9.84 Å². The van der Waals surface area contributed by atoms with E-state index in [2.05, 4.69) is 0 Å². The number of hydrogen-bond donors (Lipinski definition) is 1. The minimum absolute atomic E-state index is 0.0839. The molecule has 3 atom stereocenters. The lowest BCUT2D eigenvalue weighted by Gasteiger charge is -2.50. The number of piperidine rings is 1. The molecule has 0 bridgehead atoms. The third-order valence-electron chi connectivity index (χ3n) is 4.76. The lowest BCUT2D eigenvalue weighted by Crippen LogP contribution is -2.62. The third-order valence-corrected chi connectivity index (χ3v) is 4.76. The number of ether oxygens (including phenoxy) is 1. The van der Waals surface area contributed by atoms with Crippen molar-refractivity contribution < 1.29 is 24.2 Å². The van der Waals surface area contributed by atoms with Gasteiger partial charge in [0.05, 0.1) is 24.0 Å². The van der Waals surface area contributed by atoms with Gasteiger partial charge in [-0.2, -0.15) is 0 Å². The van der Waals surface area contributed by atoms with Crippen LogP contribution in [0.4, 0.5) is 0 Å². The molecule has 1 aliphatic carbocycles. The van der Waals surface area contributed by atoms with Crippen LogP contribution in [0.15, 0.2) is 23.8 Å². The zero-order valence-electron chi connectivity index (χ0n) is 11.7. The molecule has 1 fully saturated rings. The van der Waals surface area contributed by atoms with Crippen molar-refractivity contribution in [2.75, 3.05) is 13.7 Å². The van der Waals surface area contributed by atoms with Crippen LogP contribution in [0.3, 0.4) is 0 Å². The Morgan fingerprint density at radius 3 is 2.95 bits per heavy atom. The van der Waals surface area contributed by atoms with Gasteiger partial charge in [0.15, 0.2) is 0 Å². The number of carbonyl (C=O) groups is 3. The Morgan fingerprint density at radius 1 is 1.52 bits per heavy atom. The second-order valence-corrected chi connectivity index (χ2v) is 5.72. The summed E-state index contributed by atoms with van der Waals surface area (Å²) in [4.78, 5) is 37.4. The minimum atomic E-state index is -1.02. The van der Waals surface area contributed by atoms with Crippen molar-refractivity contribution in [3.63, 3.8) is 0 Å². The maximum Gasteiger partial charge on any atom is 0.304 e. The number of ketones is 1. The first kappa shape index (κ1) is 14.0. The van der Waals surface area contributed by atoms with Crippen LogP contribution in [0, 0.1) is 5.92 Å². The molecule has 112 valence electrons. The summed E-state index contributed by atoms with van der Waals surface area (Å²) < 4.78 is 5.36. The molecule has 2 heterocycles. The lowest BCUT2D eigenvalue weighted by molar-refractivity contribution is -0.151. The van der Waals surface area contributed by atoms with Crippen molar-refractivity contribution in [2.45, 2.75) is 30.9 Å². The smallest absolute Gasteiger partial charge is 0.304 e. The second-order valence-electron chi connectivity index (χ2n) is 5.72. The summed E-state index contributed by atoms with van der Waals surface area (Å²) in [6, 6.07) is 0. The lowest BCUT2D eigenvalue weighted by atomic mass is 9.66. The molecular weight excluding hydrogens is 274 g/mol. The van der Waals surface area contributed by atoms with Gasteiger partial charge < -0.3 is 14.7 Å². The average molecular weight is 291 g/mol. The number of carboxylic acids is 1. The van der Waals surface area contributed by atoms with E-state index in [0.717, 1.165) is 5.57 Å². The summed E-state index contributed by atoms with van der Waals surface area (Å²) in [5, 5.41) is 9.16. The highest BCUT2D eigenvalue weighted by atomic mass is 16.5. The number of Topliss-reactive ketones (excluding diaryl/α,β-unsaturated/α-hetero) is 1. The van der Waals surface area contributed by atoms with E-state index < -0.39 is 17.4 Å². The van der Waals surface area contributed by atoms with E-state index in [9.17, 15) is 14.4 Å². The van der Waals surface area contributed by atoms with Crippen LogP contribution in [-0.2, 0) is 19.1 Å². The summed E-state index contributed by atoms with van der Waals surface area (Å²) in [7, 11) is 1.57. The van der Waals surface area contributed by atoms with Crippen LogP contribution >= 0.6 is 0 Å². The molecule has 6 heteroatoms. The largest absolute Gasteiger partial charge is 0.481 e. The standard InChI is InChI=1S/C15H17NO5/c1-21-10-3-2-9-6-13(18)16-5-4-12(17)11(7-14(19)20)15(9,16)8-10/h2-3,6,10-11H,4-5,7-8H2,1H3,(H,19,20)/t10-,11?,15+/m1/s1. The molecule has 1 amide bonds. The van der Waals surface area contributed by atoms with Crippen LogP contribution in [0.5, 0.6) is 0 Å². The van der Waals surface area contributed by atoms with Gasteiger partial charge in [0, 0.05) is 32.6 Å². The number of amides is 1. The molecule has 1 unspecified atom stereocenters. The highest BCUT2D eigenvalue weighted by Crippen LogP contribution is 2.49. The molecule has 0 aromatic carbocycles. The van der Waals surface area contributed by atoms with Gasteiger partial charge in [-0.15, -0.1) is 0 Å². The average Bonchev–Trinajstić information content (AvgIpc) is 2.73. The summed E-state index contributed by atoms with van der Waals surface area (Å²) >= 11 is 0. The van der Waals surface area contributed by atoms with E-state index in [1.165, 1.54) is 6.08 Å². The van der Waals surface area contributed by atoms with Crippen molar-refractivity contribution in [2.24, 2.45) is 5.92 Å². The van der Waals surface area contributed by atoms with Crippen LogP contribution in [-0.4, -0.2) is 53.0 Å². The van der Waals surface area contributed by atoms with Gasteiger partial charge in [-0.3, -0.25) is 14.4 Å². The molecule has 1 spiro atoms. The van der Waals surface area contributed by atoms with Gasteiger partial charge in [0.1, 0.15) is 5.78 Å². The SMILES string of the molecule is CO[C@@H]1C=CC2=CC(=O)N3CCC(=O)C(CC(=O)O)[C@]23C1. The van der Waals surface area contributed by atoms with Crippen LogP contribution in [0.1, 0.15) is 19.3 Å². The Labute approximate surface area is 122 Å². The molecule has 0 aromatic heterocycles. The number of nitrogens with zero attached hydrogens (tertiary/aromatic N) is 1. The van der Waals surface area contributed by atoms with Gasteiger partial charge in [0.25, 0.3) is 0 Å². The predicted molar refractivity (Wildman–Crippen MR) is 72.4 cm³/mol. The molecule has 0 aromatic rings. The summed E-state index contributed by atoms with van der Waals surface area (Å²) in [6.07, 6.45) is 5.33. The molecule has 3 rings (SSSR count). The Morgan fingerprint density at radius 2 is 2.29 bits per heavy atom. The molecule has 3 aliphatic rings. The van der Waals surface area contributed by atoms with Gasteiger partial charge in [-0.1, -0.05) is 12.2 Å². The predicted octanol–water partition coefficient (Wildman–Crippen LogP) is 0.532. The Balaban J connectivity index is 2.09. The monoisotopic (exact) mass is 291 g/mol. The summed E-state index contributed by atoms with van der Waals surface area (Å²) in [5.74, 6) is -1.95. The van der Waals surface area contributed by atoms with Gasteiger partial charge in [0.2, 0.25) is 5.91 Å². The van der Waals surface area contributed by atoms with E-state index in [-0.39, 0.29) is 30.6 Å². The van der Waals surface area contributed by atoms with Crippen molar-refractivity contribution >= 4 is 17.7 Å². The maximum absolute atomic E-state index is 12.3. The maximum atomic E-state index is 12.3. The normalized spacial score (nSPS) is 34.5. The highest BCUT2D eigenvalue weighted by Gasteiger charge is 2.58. The fraction of sp³-hybridized carbons (Fsp3) is 0.533. The zero-order chi connectivity index (χ0) is 15.2. The molecule has 21 heavy (non-hydrogen) atoms. The highest BCUT2D eigenvalue weighted by molar-refractivity contribution is 5.99. The van der Waals surface area contributed by atoms with Crippen LogP contribution in [0.2, 0.25) is 0 Å². The van der Waals surface area contributed by atoms with Crippen LogP contribution in [0.25, 0.3) is 0 Å².